The molecule has 7 heteroatoms. The number of aliphatic hydroxyl groups excluding tert-OH is 1. The average Bonchev–Trinajstić information content (AvgIpc) is 3.30. The van der Waals surface area contributed by atoms with Crippen molar-refractivity contribution >= 4 is 29.2 Å². The van der Waals surface area contributed by atoms with Crippen LogP contribution in [0.25, 0.3) is 6.08 Å². The topological polar surface area (TPSA) is 76.5 Å². The second-order valence-electron chi connectivity index (χ2n) is 10.7. The minimum atomic E-state index is -0.763. The van der Waals surface area contributed by atoms with E-state index in [1.165, 1.54) is 16.9 Å². The molecule has 0 aromatic carbocycles. The summed E-state index contributed by atoms with van der Waals surface area (Å²) in [6, 6.07) is 0. The minimum absolute atomic E-state index is 0.0364. The molecule has 0 fully saturated rings. The summed E-state index contributed by atoms with van der Waals surface area (Å²) >= 11 is 1.26. The number of hydrogen-bond acceptors (Lipinski definition) is 6. The highest BCUT2D eigenvalue weighted by atomic mass is 32.1. The Bertz CT molecular complexity index is 978. The Morgan fingerprint density at radius 1 is 1.25 bits per heavy atom. The SMILES string of the molecule is C/C1=C/CC(/C(C)=C/c2csc(CF)n2)OC(=O)CCC(C)(C)C(=O)C(C)C(O)C(C)C/C=C\CC1. The summed E-state index contributed by atoms with van der Waals surface area (Å²) in [5, 5.41) is 13.0. The predicted molar refractivity (Wildman–Crippen MR) is 144 cm³/mol. The van der Waals surface area contributed by atoms with Gasteiger partial charge in [0.1, 0.15) is 23.6 Å². The Hall–Kier alpha value is -2.12. The predicted octanol–water partition coefficient (Wildman–Crippen LogP) is 7.01. The summed E-state index contributed by atoms with van der Waals surface area (Å²) in [4.78, 5) is 30.3. The van der Waals surface area contributed by atoms with E-state index >= 15 is 0 Å². The number of cyclic esters (lactones) is 1. The fraction of sp³-hybridized carbons (Fsp3) is 0.621. The molecule has 0 saturated carbocycles. The maximum absolute atomic E-state index is 13.2. The number of halogens is 1. The summed E-state index contributed by atoms with van der Waals surface area (Å²) in [6.07, 6.45) is 10.4. The lowest BCUT2D eigenvalue weighted by Gasteiger charge is -2.31. The normalized spacial score (nSPS) is 30.0. The van der Waals surface area contributed by atoms with Gasteiger partial charge >= 0.3 is 5.97 Å². The van der Waals surface area contributed by atoms with Crippen LogP contribution in [0.15, 0.2) is 34.8 Å². The van der Waals surface area contributed by atoms with Crippen molar-refractivity contribution in [3.05, 3.63) is 45.5 Å². The van der Waals surface area contributed by atoms with E-state index in [9.17, 15) is 19.1 Å². The van der Waals surface area contributed by atoms with Gasteiger partial charge in [-0.1, -0.05) is 51.5 Å². The van der Waals surface area contributed by atoms with E-state index < -0.39 is 30.2 Å². The van der Waals surface area contributed by atoms with Gasteiger partial charge in [0.15, 0.2) is 0 Å². The standard InChI is InChI=1S/C29H42FNO4S/c1-19-10-8-7-9-11-20(2)27(33)22(4)28(34)29(5,6)15-14-26(32)35-24(13-12-19)21(3)16-23-18-36-25(17-30)31-23/h7,9,12,16,18,20,22,24,27,33H,8,10-11,13-15,17H2,1-6H3/b9-7-,19-12-,21-16+. The molecular weight excluding hydrogens is 477 g/mol. The van der Waals surface area contributed by atoms with Crippen molar-refractivity contribution in [2.75, 3.05) is 0 Å². The van der Waals surface area contributed by atoms with E-state index in [1.807, 2.05) is 33.8 Å². The highest BCUT2D eigenvalue weighted by Crippen LogP contribution is 2.31. The van der Waals surface area contributed by atoms with Crippen molar-refractivity contribution in [3.63, 3.8) is 0 Å². The molecule has 200 valence electrons. The number of esters is 1. The second kappa shape index (κ2) is 14.0. The van der Waals surface area contributed by atoms with Gasteiger partial charge in [-0.25, -0.2) is 9.37 Å². The zero-order valence-corrected chi connectivity index (χ0v) is 23.4. The molecule has 1 aliphatic heterocycles. The van der Waals surface area contributed by atoms with Gasteiger partial charge < -0.3 is 9.84 Å². The third-order valence-electron chi connectivity index (χ3n) is 7.03. The summed E-state index contributed by atoms with van der Waals surface area (Å²) in [7, 11) is 0. The first-order chi connectivity index (χ1) is 16.9. The molecule has 4 unspecified atom stereocenters. The number of alkyl halides is 1. The molecule has 0 amide bonds. The average molecular weight is 520 g/mol. The molecule has 1 aromatic heterocycles. The fourth-order valence-corrected chi connectivity index (χ4v) is 5.01. The molecule has 4 atom stereocenters. The van der Waals surface area contributed by atoms with E-state index in [4.69, 9.17) is 4.74 Å². The number of nitrogens with zero attached hydrogens (tertiary/aromatic N) is 1. The number of ether oxygens (including phenoxy) is 1. The molecule has 0 saturated heterocycles. The van der Waals surface area contributed by atoms with Gasteiger partial charge in [0.05, 0.1) is 11.8 Å². The van der Waals surface area contributed by atoms with Crippen molar-refractivity contribution in [2.45, 2.75) is 98.9 Å². The summed E-state index contributed by atoms with van der Waals surface area (Å²) in [6.45, 7) is 10.8. The summed E-state index contributed by atoms with van der Waals surface area (Å²) in [5.74, 6) is -0.967. The quantitative estimate of drug-likeness (QED) is 0.343. The Morgan fingerprint density at radius 2 is 1.97 bits per heavy atom. The molecular formula is C29H42FNO4S. The second-order valence-corrected chi connectivity index (χ2v) is 11.6. The van der Waals surface area contributed by atoms with Crippen molar-refractivity contribution in [1.82, 2.24) is 4.98 Å². The lowest BCUT2D eigenvalue weighted by molar-refractivity contribution is -0.148. The van der Waals surface area contributed by atoms with Crippen LogP contribution in [0.3, 0.4) is 0 Å². The molecule has 0 radical (unpaired) electrons. The molecule has 0 bridgehead atoms. The van der Waals surface area contributed by atoms with Crippen molar-refractivity contribution < 1.29 is 23.8 Å². The monoisotopic (exact) mass is 519 g/mol. The number of thiazole rings is 1. The Balaban J connectivity index is 2.27. The van der Waals surface area contributed by atoms with Gasteiger partial charge in [0.25, 0.3) is 0 Å². The lowest BCUT2D eigenvalue weighted by atomic mass is 9.74. The first-order valence-electron chi connectivity index (χ1n) is 12.9. The number of rotatable bonds is 3. The zero-order valence-electron chi connectivity index (χ0n) is 22.6. The Morgan fingerprint density at radius 3 is 2.64 bits per heavy atom. The highest BCUT2D eigenvalue weighted by Gasteiger charge is 2.36. The van der Waals surface area contributed by atoms with E-state index in [-0.39, 0.29) is 24.1 Å². The number of hydrogen-bond donors (Lipinski definition) is 1. The third kappa shape index (κ3) is 9.07. The van der Waals surface area contributed by atoms with Crippen molar-refractivity contribution in [3.8, 4) is 0 Å². The first-order valence-corrected chi connectivity index (χ1v) is 13.7. The van der Waals surface area contributed by atoms with Crippen LogP contribution in [-0.4, -0.2) is 34.1 Å². The van der Waals surface area contributed by atoms with E-state index in [0.29, 0.717) is 30.0 Å². The maximum Gasteiger partial charge on any atom is 0.306 e. The smallest absolute Gasteiger partial charge is 0.306 e. The fourth-order valence-electron chi connectivity index (χ4n) is 4.41. The molecule has 1 N–H and O–H groups in total. The number of ketones is 1. The summed E-state index contributed by atoms with van der Waals surface area (Å²) < 4.78 is 18.8. The Kier molecular flexibility index (Phi) is 11.7. The van der Waals surface area contributed by atoms with Crippen LogP contribution >= 0.6 is 11.3 Å². The summed E-state index contributed by atoms with van der Waals surface area (Å²) in [5.41, 5.74) is 1.93. The molecule has 2 rings (SSSR count). The lowest BCUT2D eigenvalue weighted by Crippen LogP contribution is -2.39. The Labute approximate surface area is 219 Å². The highest BCUT2D eigenvalue weighted by molar-refractivity contribution is 7.09. The zero-order chi connectivity index (χ0) is 26.9. The van der Waals surface area contributed by atoms with Crippen LogP contribution in [0.1, 0.15) is 90.8 Å². The number of Topliss-reactive ketones (excluding diaryl/α,β-unsaturated/α-hetero) is 1. The molecule has 36 heavy (non-hydrogen) atoms. The van der Waals surface area contributed by atoms with Crippen LogP contribution in [0.5, 0.6) is 0 Å². The van der Waals surface area contributed by atoms with Gasteiger partial charge in [0, 0.05) is 29.6 Å². The number of aromatic nitrogens is 1. The first kappa shape index (κ1) is 30.1. The van der Waals surface area contributed by atoms with Crippen molar-refractivity contribution in [1.29, 1.82) is 0 Å². The van der Waals surface area contributed by atoms with Crippen LogP contribution < -0.4 is 0 Å². The molecule has 2 heterocycles. The molecule has 1 aliphatic rings. The van der Waals surface area contributed by atoms with Crippen LogP contribution in [-0.2, 0) is 21.0 Å². The van der Waals surface area contributed by atoms with Crippen LogP contribution in [0.2, 0.25) is 0 Å². The minimum Gasteiger partial charge on any atom is -0.457 e. The number of carbonyl (C=O) groups excluding carboxylic acids is 2. The van der Waals surface area contributed by atoms with Gasteiger partial charge in [-0.3, -0.25) is 9.59 Å². The van der Waals surface area contributed by atoms with Crippen LogP contribution in [0.4, 0.5) is 4.39 Å². The van der Waals surface area contributed by atoms with E-state index in [1.54, 1.807) is 12.3 Å². The number of aliphatic hydroxyl groups is 1. The third-order valence-corrected chi connectivity index (χ3v) is 7.86. The maximum atomic E-state index is 13.2. The molecule has 5 nitrogen and oxygen atoms in total. The van der Waals surface area contributed by atoms with Gasteiger partial charge in [-0.05, 0) is 57.1 Å². The van der Waals surface area contributed by atoms with Crippen molar-refractivity contribution in [2.24, 2.45) is 17.3 Å². The van der Waals surface area contributed by atoms with E-state index in [2.05, 4.69) is 30.1 Å². The van der Waals surface area contributed by atoms with Gasteiger partial charge in [-0.15, -0.1) is 11.3 Å². The largest absolute Gasteiger partial charge is 0.457 e. The van der Waals surface area contributed by atoms with E-state index in [0.717, 1.165) is 18.4 Å². The molecule has 1 aromatic rings. The van der Waals surface area contributed by atoms with Crippen LogP contribution in [0, 0.1) is 17.3 Å². The number of carbonyl (C=O) groups is 2. The molecule has 0 aliphatic carbocycles. The molecule has 0 spiro atoms. The van der Waals surface area contributed by atoms with Gasteiger partial charge in [-0.2, -0.15) is 0 Å². The van der Waals surface area contributed by atoms with Gasteiger partial charge in [0.2, 0.25) is 0 Å². The number of allylic oxidation sites excluding steroid dienone is 3.